The normalized spacial score (nSPS) is 21.5. The van der Waals surface area contributed by atoms with Crippen LogP contribution in [0.3, 0.4) is 0 Å². The lowest BCUT2D eigenvalue weighted by Gasteiger charge is -2.21. The zero-order valence-corrected chi connectivity index (χ0v) is 16.5. The molecule has 1 saturated heterocycles. The molecule has 2 atom stereocenters. The van der Waals surface area contributed by atoms with Crippen molar-refractivity contribution >= 4 is 11.0 Å². The van der Waals surface area contributed by atoms with Crippen LogP contribution in [0.5, 0.6) is 11.6 Å². The van der Waals surface area contributed by atoms with Crippen molar-refractivity contribution < 1.29 is 18.3 Å². The van der Waals surface area contributed by atoms with Crippen molar-refractivity contribution in [2.75, 3.05) is 13.1 Å². The van der Waals surface area contributed by atoms with Gasteiger partial charge in [-0.05, 0) is 49.4 Å². The lowest BCUT2D eigenvalue weighted by molar-refractivity contribution is 0.239. The molecule has 1 N–H and O–H groups in total. The Labute approximate surface area is 177 Å². The Morgan fingerprint density at radius 1 is 1.16 bits per heavy atom. The molecule has 2 aliphatic rings. The fourth-order valence-corrected chi connectivity index (χ4v) is 3.90. The second-order valence-corrected chi connectivity index (χ2v) is 7.56. The molecular weight excluding hydrogens is 404 g/mol. The molecule has 0 bridgehead atoms. The van der Waals surface area contributed by atoms with Gasteiger partial charge in [0.2, 0.25) is 5.88 Å². The summed E-state index contributed by atoms with van der Waals surface area (Å²) in [6.07, 6.45) is 9.86. The molecule has 0 spiro atoms. The van der Waals surface area contributed by atoms with Crippen LogP contribution >= 0.6 is 0 Å². The average molecular weight is 424 g/mol. The van der Waals surface area contributed by atoms with Gasteiger partial charge in [0.05, 0.1) is 5.52 Å². The van der Waals surface area contributed by atoms with Crippen LogP contribution in [0.4, 0.5) is 8.78 Å². The van der Waals surface area contributed by atoms with Gasteiger partial charge in [0.1, 0.15) is 29.5 Å². The molecule has 2 aromatic heterocycles. The van der Waals surface area contributed by atoms with Crippen LogP contribution in [0.1, 0.15) is 18.9 Å². The Bertz CT molecular complexity index is 1180. The molecule has 160 valence electrons. The van der Waals surface area contributed by atoms with E-state index in [0.717, 1.165) is 36.1 Å². The first-order valence-corrected chi connectivity index (χ1v) is 10.0. The largest absolute Gasteiger partial charge is 0.610 e. The van der Waals surface area contributed by atoms with E-state index >= 15 is 0 Å². The molecule has 5 rings (SSSR count). The summed E-state index contributed by atoms with van der Waals surface area (Å²) in [6.45, 7) is 1.37. The molecule has 0 radical (unpaired) electrons. The molecule has 1 fully saturated rings. The summed E-state index contributed by atoms with van der Waals surface area (Å²) in [7, 11) is 0. The highest BCUT2D eigenvalue weighted by Crippen LogP contribution is 2.31. The molecule has 0 saturated carbocycles. The molecule has 7 nitrogen and oxygen atoms in total. The number of halogens is 2. The van der Waals surface area contributed by atoms with E-state index in [-0.39, 0.29) is 17.9 Å². The van der Waals surface area contributed by atoms with E-state index in [1.54, 1.807) is 17.2 Å². The van der Waals surface area contributed by atoms with Gasteiger partial charge in [-0.3, -0.25) is 0 Å². The number of fused-ring (bicyclic) bond motifs is 1. The third kappa shape index (κ3) is 4.01. The lowest BCUT2D eigenvalue weighted by Crippen LogP contribution is -2.18. The number of allylic oxidation sites excluding steroid dienone is 1. The van der Waals surface area contributed by atoms with Crippen LogP contribution in [0.15, 0.2) is 60.8 Å². The third-order valence-electron chi connectivity index (χ3n) is 5.44. The summed E-state index contributed by atoms with van der Waals surface area (Å²) in [5.41, 5.74) is 1.61. The van der Waals surface area contributed by atoms with Gasteiger partial charge in [-0.2, -0.15) is 4.98 Å². The Morgan fingerprint density at radius 3 is 2.81 bits per heavy atom. The molecule has 1 aliphatic carbocycles. The van der Waals surface area contributed by atoms with E-state index in [1.165, 1.54) is 12.4 Å². The Hall–Kier alpha value is -3.30. The Balaban J connectivity index is 1.31. The summed E-state index contributed by atoms with van der Waals surface area (Å²) in [5, 5.41) is 1.56. The second kappa shape index (κ2) is 8.09. The van der Waals surface area contributed by atoms with Crippen LogP contribution < -0.4 is 9.47 Å². The lowest BCUT2D eigenvalue weighted by atomic mass is 10.1. The highest BCUT2D eigenvalue weighted by molar-refractivity contribution is 5.80. The van der Waals surface area contributed by atoms with Crippen molar-refractivity contribution in [3.8, 4) is 11.6 Å². The third-order valence-corrected chi connectivity index (χ3v) is 5.44. The molecule has 1 aliphatic heterocycles. The first-order chi connectivity index (χ1) is 15.1. The van der Waals surface area contributed by atoms with E-state index in [1.807, 2.05) is 18.3 Å². The highest BCUT2D eigenvalue weighted by Gasteiger charge is 2.23. The van der Waals surface area contributed by atoms with Crippen molar-refractivity contribution in [3.05, 3.63) is 78.3 Å². The summed E-state index contributed by atoms with van der Waals surface area (Å²) in [5.74, 6) is 7.34. The summed E-state index contributed by atoms with van der Waals surface area (Å²) in [6, 6.07) is 5.30. The zero-order chi connectivity index (χ0) is 21.4. The maximum absolute atomic E-state index is 13.8. The SMILES string of the molecule is [NH-]N1CC[C@H](n2ccc3ncnc(OC4C=CC(Oc5ccc(F)cc5F)=CC4)c32)C1. The predicted octanol–water partition coefficient (Wildman–Crippen LogP) is 4.59. The number of nitrogens with zero attached hydrogens (tertiary/aromatic N) is 4. The van der Waals surface area contributed by atoms with Gasteiger partial charge in [-0.25, -0.2) is 13.8 Å². The zero-order valence-electron chi connectivity index (χ0n) is 16.5. The van der Waals surface area contributed by atoms with Crippen molar-refractivity contribution in [1.82, 2.24) is 19.5 Å². The number of nitrogens with one attached hydrogen (secondary N) is 1. The molecule has 1 unspecified atom stereocenters. The minimum Gasteiger partial charge on any atom is -0.610 e. The number of hydrogen-bond donors (Lipinski definition) is 0. The van der Waals surface area contributed by atoms with Gasteiger partial charge in [-0.1, -0.05) is 0 Å². The summed E-state index contributed by atoms with van der Waals surface area (Å²) in [4.78, 5) is 8.68. The monoisotopic (exact) mass is 424 g/mol. The Kier molecular flexibility index (Phi) is 5.13. The fourth-order valence-electron chi connectivity index (χ4n) is 3.90. The highest BCUT2D eigenvalue weighted by atomic mass is 19.1. The first kappa shape index (κ1) is 19.7. The van der Waals surface area contributed by atoms with Crippen molar-refractivity contribution in [2.24, 2.45) is 0 Å². The average Bonchev–Trinajstić information content (AvgIpc) is 3.38. The van der Waals surface area contributed by atoms with Crippen LogP contribution in [0.25, 0.3) is 16.9 Å². The Morgan fingerprint density at radius 2 is 2.06 bits per heavy atom. The maximum Gasteiger partial charge on any atom is 0.242 e. The van der Waals surface area contributed by atoms with Crippen LogP contribution in [-0.2, 0) is 0 Å². The molecular formula is C22H20F2N5O2-. The van der Waals surface area contributed by atoms with Crippen molar-refractivity contribution in [1.29, 1.82) is 0 Å². The van der Waals surface area contributed by atoms with Crippen LogP contribution in [0, 0.1) is 11.6 Å². The maximum atomic E-state index is 13.8. The summed E-state index contributed by atoms with van der Waals surface area (Å²) >= 11 is 0. The van der Waals surface area contributed by atoms with Gasteiger partial charge in [0, 0.05) is 31.3 Å². The molecule has 1 aromatic carbocycles. The summed E-state index contributed by atoms with van der Waals surface area (Å²) < 4.78 is 40.6. The van der Waals surface area contributed by atoms with E-state index < -0.39 is 11.6 Å². The quantitative estimate of drug-likeness (QED) is 0.599. The van der Waals surface area contributed by atoms with Crippen LogP contribution in [-0.4, -0.2) is 38.7 Å². The number of hydrogen-bond acceptors (Lipinski definition) is 5. The molecule has 3 heterocycles. The van der Waals surface area contributed by atoms with E-state index in [0.29, 0.717) is 24.6 Å². The first-order valence-electron chi connectivity index (χ1n) is 10.0. The minimum atomic E-state index is -0.755. The second-order valence-electron chi connectivity index (χ2n) is 7.56. The predicted molar refractivity (Wildman–Crippen MR) is 110 cm³/mol. The number of benzene rings is 1. The van der Waals surface area contributed by atoms with E-state index in [4.69, 9.17) is 15.3 Å². The van der Waals surface area contributed by atoms with Gasteiger partial charge < -0.3 is 24.9 Å². The smallest absolute Gasteiger partial charge is 0.242 e. The topological polar surface area (TPSA) is 76.2 Å². The van der Waals surface area contributed by atoms with Crippen molar-refractivity contribution in [2.45, 2.75) is 25.0 Å². The van der Waals surface area contributed by atoms with Gasteiger partial charge in [0.25, 0.3) is 0 Å². The standard InChI is InChI=1S/C22H20F2N5O2/c23-14-1-6-20(18(24)11-14)30-16-2-4-17(5-3-16)31-22-21-19(26-13-27-22)8-10-29(21)15-7-9-28(25)12-15/h1-4,6,8,10-11,13,15,17,25H,5,7,9,12H2/q-1/t15-,17?/m0/s1. The minimum absolute atomic E-state index is 0.0352. The van der Waals surface area contributed by atoms with E-state index in [2.05, 4.69) is 14.5 Å². The molecule has 31 heavy (non-hydrogen) atoms. The van der Waals surface area contributed by atoms with Crippen LogP contribution in [0.2, 0.25) is 0 Å². The van der Waals surface area contributed by atoms with E-state index in [9.17, 15) is 8.78 Å². The van der Waals surface area contributed by atoms with Gasteiger partial charge in [0.15, 0.2) is 11.6 Å². The molecule has 3 aromatic rings. The van der Waals surface area contributed by atoms with Gasteiger partial charge in [-0.15, -0.1) is 0 Å². The fraction of sp³-hybridized carbons (Fsp3) is 0.273. The van der Waals surface area contributed by atoms with Crippen molar-refractivity contribution in [3.63, 3.8) is 0 Å². The molecule has 9 heteroatoms. The van der Waals surface area contributed by atoms with Gasteiger partial charge >= 0.3 is 0 Å². The molecule has 0 amide bonds. The number of ether oxygens (including phenoxy) is 2. The number of aromatic nitrogens is 3. The number of rotatable bonds is 5.